The first-order valence-electron chi connectivity index (χ1n) is 4.44. The second-order valence-corrected chi connectivity index (χ2v) is 3.14. The molecule has 15 heavy (non-hydrogen) atoms. The van der Waals surface area contributed by atoms with Crippen molar-refractivity contribution >= 4 is 5.78 Å². The predicted octanol–water partition coefficient (Wildman–Crippen LogP) is 1.64. The Morgan fingerprint density at radius 2 is 2.20 bits per heavy atom. The molecule has 0 atom stereocenters. The van der Waals surface area contributed by atoms with Crippen LogP contribution in [0.2, 0.25) is 0 Å². The van der Waals surface area contributed by atoms with Crippen LogP contribution >= 0.6 is 0 Å². The maximum Gasteiger partial charge on any atom is 0.259 e. The van der Waals surface area contributed by atoms with Crippen molar-refractivity contribution in [3.05, 3.63) is 29.8 Å². The minimum absolute atomic E-state index is 0.0664. The van der Waals surface area contributed by atoms with Gasteiger partial charge in [-0.1, -0.05) is 5.16 Å². The monoisotopic (exact) mass is 203 g/mol. The smallest absolute Gasteiger partial charge is 0.259 e. The molecule has 0 aliphatic rings. The number of pyridine rings is 1. The molecule has 5 heteroatoms. The van der Waals surface area contributed by atoms with Crippen LogP contribution in [0.4, 0.5) is 0 Å². The summed E-state index contributed by atoms with van der Waals surface area (Å²) in [6.07, 6.45) is 1.55. The van der Waals surface area contributed by atoms with Crippen LogP contribution in [-0.4, -0.2) is 20.9 Å². The van der Waals surface area contributed by atoms with Gasteiger partial charge >= 0.3 is 0 Å². The standard InChI is InChI=1S/C10H9N3O2/c1-6(14)9-4-3-8(5-11-9)10-12-7(2)13-15-10/h3-5H,1-2H3. The summed E-state index contributed by atoms with van der Waals surface area (Å²) < 4.78 is 4.96. The van der Waals surface area contributed by atoms with E-state index < -0.39 is 0 Å². The van der Waals surface area contributed by atoms with Crippen LogP contribution < -0.4 is 0 Å². The molecule has 0 N–H and O–H groups in total. The Morgan fingerprint density at radius 3 is 2.67 bits per heavy atom. The lowest BCUT2D eigenvalue weighted by molar-refractivity contribution is 0.101. The summed E-state index contributed by atoms with van der Waals surface area (Å²) in [6.45, 7) is 3.21. The molecular weight excluding hydrogens is 194 g/mol. The van der Waals surface area contributed by atoms with E-state index in [-0.39, 0.29) is 5.78 Å². The molecule has 2 aromatic rings. The van der Waals surface area contributed by atoms with Crippen molar-refractivity contribution < 1.29 is 9.32 Å². The number of aryl methyl sites for hydroxylation is 1. The molecule has 0 spiro atoms. The molecule has 0 bridgehead atoms. The highest BCUT2D eigenvalue weighted by atomic mass is 16.5. The average molecular weight is 203 g/mol. The number of hydrogen-bond donors (Lipinski definition) is 0. The van der Waals surface area contributed by atoms with Gasteiger partial charge in [0.05, 0.1) is 5.56 Å². The predicted molar refractivity (Wildman–Crippen MR) is 52.3 cm³/mol. The van der Waals surface area contributed by atoms with E-state index in [0.717, 1.165) is 0 Å². The summed E-state index contributed by atoms with van der Waals surface area (Å²) in [7, 11) is 0. The van der Waals surface area contributed by atoms with Gasteiger partial charge in [-0.3, -0.25) is 9.78 Å². The third kappa shape index (κ3) is 1.90. The van der Waals surface area contributed by atoms with Crippen molar-refractivity contribution in [2.24, 2.45) is 0 Å². The zero-order valence-corrected chi connectivity index (χ0v) is 8.39. The van der Waals surface area contributed by atoms with Crippen LogP contribution in [0.5, 0.6) is 0 Å². The first kappa shape index (κ1) is 9.51. The number of carbonyl (C=O) groups is 1. The molecule has 0 radical (unpaired) electrons. The van der Waals surface area contributed by atoms with Crippen LogP contribution in [0.15, 0.2) is 22.9 Å². The molecule has 76 valence electrons. The highest BCUT2D eigenvalue weighted by Crippen LogP contribution is 2.15. The van der Waals surface area contributed by atoms with E-state index in [1.165, 1.54) is 6.92 Å². The van der Waals surface area contributed by atoms with Gasteiger partial charge in [0.1, 0.15) is 5.69 Å². The van der Waals surface area contributed by atoms with Crippen LogP contribution in [0, 0.1) is 6.92 Å². The van der Waals surface area contributed by atoms with Gasteiger partial charge in [-0.05, 0) is 19.1 Å². The zero-order chi connectivity index (χ0) is 10.8. The van der Waals surface area contributed by atoms with E-state index in [0.29, 0.717) is 23.0 Å². The lowest BCUT2D eigenvalue weighted by atomic mass is 10.2. The molecule has 0 saturated carbocycles. The summed E-state index contributed by atoms with van der Waals surface area (Å²) in [5, 5.41) is 3.67. The van der Waals surface area contributed by atoms with E-state index in [1.54, 1.807) is 25.3 Å². The fraction of sp³-hybridized carbons (Fsp3) is 0.200. The summed E-state index contributed by atoms with van der Waals surface area (Å²) in [5.41, 5.74) is 1.13. The van der Waals surface area contributed by atoms with Gasteiger partial charge in [0.15, 0.2) is 11.6 Å². The van der Waals surface area contributed by atoms with E-state index in [2.05, 4.69) is 15.1 Å². The molecule has 2 heterocycles. The van der Waals surface area contributed by atoms with Gasteiger partial charge in [0, 0.05) is 13.1 Å². The topological polar surface area (TPSA) is 68.9 Å². The number of Topliss-reactive ketones (excluding diaryl/α,β-unsaturated/α-hetero) is 1. The average Bonchev–Trinajstić information content (AvgIpc) is 2.65. The second-order valence-electron chi connectivity index (χ2n) is 3.14. The van der Waals surface area contributed by atoms with Crippen molar-refractivity contribution in [1.82, 2.24) is 15.1 Å². The van der Waals surface area contributed by atoms with Gasteiger partial charge in [-0.2, -0.15) is 4.98 Å². The summed E-state index contributed by atoms with van der Waals surface area (Å²) in [6, 6.07) is 3.37. The maximum absolute atomic E-state index is 11.0. The molecule has 0 aliphatic heterocycles. The van der Waals surface area contributed by atoms with E-state index >= 15 is 0 Å². The zero-order valence-electron chi connectivity index (χ0n) is 8.39. The van der Waals surface area contributed by atoms with Gasteiger partial charge in [-0.25, -0.2) is 0 Å². The Bertz CT molecular complexity index is 488. The molecule has 2 rings (SSSR count). The van der Waals surface area contributed by atoms with Crippen LogP contribution in [0.3, 0.4) is 0 Å². The number of hydrogen-bond acceptors (Lipinski definition) is 5. The highest BCUT2D eigenvalue weighted by Gasteiger charge is 2.07. The Morgan fingerprint density at radius 1 is 1.40 bits per heavy atom. The lowest BCUT2D eigenvalue weighted by Gasteiger charge is -1.95. The first-order valence-corrected chi connectivity index (χ1v) is 4.44. The maximum atomic E-state index is 11.0. The minimum atomic E-state index is -0.0664. The van der Waals surface area contributed by atoms with E-state index in [1.807, 2.05) is 0 Å². The van der Waals surface area contributed by atoms with Gasteiger partial charge in [-0.15, -0.1) is 0 Å². The van der Waals surface area contributed by atoms with Gasteiger partial charge < -0.3 is 4.52 Å². The van der Waals surface area contributed by atoms with Crippen molar-refractivity contribution in [3.63, 3.8) is 0 Å². The Balaban J connectivity index is 2.35. The summed E-state index contributed by atoms with van der Waals surface area (Å²) >= 11 is 0. The number of rotatable bonds is 2. The van der Waals surface area contributed by atoms with Crippen LogP contribution in [0.1, 0.15) is 23.2 Å². The summed E-state index contributed by atoms with van der Waals surface area (Å²) in [4.78, 5) is 19.0. The van der Waals surface area contributed by atoms with Crippen molar-refractivity contribution in [3.8, 4) is 11.5 Å². The van der Waals surface area contributed by atoms with Crippen molar-refractivity contribution in [2.75, 3.05) is 0 Å². The molecular formula is C10H9N3O2. The highest BCUT2D eigenvalue weighted by molar-refractivity contribution is 5.92. The SMILES string of the molecule is CC(=O)c1ccc(-c2nc(C)no2)cn1. The molecule has 0 aliphatic carbocycles. The molecule has 0 unspecified atom stereocenters. The Hall–Kier alpha value is -2.04. The van der Waals surface area contributed by atoms with Crippen LogP contribution in [0.25, 0.3) is 11.5 Å². The van der Waals surface area contributed by atoms with Crippen molar-refractivity contribution in [2.45, 2.75) is 13.8 Å². The molecule has 5 nitrogen and oxygen atoms in total. The van der Waals surface area contributed by atoms with E-state index in [9.17, 15) is 4.79 Å². The van der Waals surface area contributed by atoms with Gasteiger partial charge in [0.25, 0.3) is 5.89 Å². The Kier molecular flexibility index (Phi) is 2.29. The second kappa shape index (κ2) is 3.61. The summed E-state index contributed by atoms with van der Waals surface area (Å²) in [5.74, 6) is 0.916. The van der Waals surface area contributed by atoms with E-state index in [4.69, 9.17) is 4.52 Å². The van der Waals surface area contributed by atoms with Gasteiger partial charge in [0.2, 0.25) is 0 Å². The number of ketones is 1. The molecule has 0 saturated heterocycles. The first-order chi connectivity index (χ1) is 7.16. The fourth-order valence-electron chi connectivity index (χ4n) is 1.14. The fourth-order valence-corrected chi connectivity index (χ4v) is 1.14. The quantitative estimate of drug-likeness (QED) is 0.694. The number of nitrogens with zero attached hydrogens (tertiary/aromatic N) is 3. The lowest BCUT2D eigenvalue weighted by Crippen LogP contribution is -1.95. The number of aromatic nitrogens is 3. The normalized spacial score (nSPS) is 10.3. The minimum Gasteiger partial charge on any atom is -0.334 e. The van der Waals surface area contributed by atoms with Crippen molar-refractivity contribution in [1.29, 1.82) is 0 Å². The number of carbonyl (C=O) groups excluding carboxylic acids is 1. The molecule has 0 aromatic carbocycles. The Labute approximate surface area is 86.1 Å². The molecule has 2 aromatic heterocycles. The third-order valence-corrected chi connectivity index (χ3v) is 1.90. The molecule has 0 amide bonds. The molecule has 0 fully saturated rings. The van der Waals surface area contributed by atoms with Crippen LogP contribution in [-0.2, 0) is 0 Å². The third-order valence-electron chi connectivity index (χ3n) is 1.90. The largest absolute Gasteiger partial charge is 0.334 e.